The highest BCUT2D eigenvalue weighted by Gasteiger charge is 2.36. The first kappa shape index (κ1) is 23.4. The van der Waals surface area contributed by atoms with E-state index in [0.717, 1.165) is 22.6 Å². The van der Waals surface area contributed by atoms with Gasteiger partial charge in [0.05, 0.1) is 36.6 Å². The third-order valence-electron chi connectivity index (χ3n) is 6.95. The maximum absolute atomic E-state index is 13.7. The van der Waals surface area contributed by atoms with E-state index in [2.05, 4.69) is 10.6 Å². The molecule has 5 rings (SSSR count). The second kappa shape index (κ2) is 9.37. The summed E-state index contributed by atoms with van der Waals surface area (Å²) in [6, 6.07) is 18.1. The van der Waals surface area contributed by atoms with E-state index in [9.17, 15) is 14.9 Å². The second-order valence-electron chi connectivity index (χ2n) is 9.09. The summed E-state index contributed by atoms with van der Waals surface area (Å²) in [6.07, 6.45) is 0.926. The zero-order valence-corrected chi connectivity index (χ0v) is 20.3. The molecule has 36 heavy (non-hydrogen) atoms. The van der Waals surface area contributed by atoms with Crippen LogP contribution in [0.15, 0.2) is 71.9 Å². The number of carbonyl (C=O) groups excluding carboxylic acids is 1. The standard InChI is InChI=1S/C28H27N3O5/c1-16-8-9-18(13-23(16)31(33)34)28-27-22(29-20-6-4-5-7-21(20)30-28)12-19(14-24(27)32)17-10-11-25(35-2)26(15-17)36-3/h4-11,13,15,19,28-30H,12,14H2,1-3H3/t19-,28+/m1/s1. The zero-order valence-electron chi connectivity index (χ0n) is 20.3. The zero-order chi connectivity index (χ0) is 25.4. The lowest BCUT2D eigenvalue weighted by molar-refractivity contribution is -0.385. The molecular formula is C28H27N3O5. The van der Waals surface area contributed by atoms with Crippen LogP contribution in [0.2, 0.25) is 0 Å². The minimum Gasteiger partial charge on any atom is -0.493 e. The van der Waals surface area contributed by atoms with Gasteiger partial charge in [0.1, 0.15) is 0 Å². The molecule has 0 amide bonds. The number of nitro benzene ring substituents is 1. The number of anilines is 2. The summed E-state index contributed by atoms with van der Waals surface area (Å²) in [6.45, 7) is 1.71. The molecule has 1 heterocycles. The molecule has 2 aliphatic rings. The SMILES string of the molecule is COc1ccc([C@H]2CC(=O)C3=C(C2)Nc2ccccc2N[C@H]3c2ccc(C)c([N+](=O)[O-])c2)cc1OC. The van der Waals surface area contributed by atoms with Crippen LogP contribution in [-0.4, -0.2) is 24.9 Å². The average Bonchev–Trinajstić information content (AvgIpc) is 3.05. The molecule has 2 atom stereocenters. The average molecular weight is 486 g/mol. The first-order chi connectivity index (χ1) is 17.4. The highest BCUT2D eigenvalue weighted by molar-refractivity contribution is 6.01. The minimum absolute atomic E-state index is 0.00271. The largest absolute Gasteiger partial charge is 0.493 e. The van der Waals surface area contributed by atoms with Crippen molar-refractivity contribution in [3.8, 4) is 11.5 Å². The highest BCUT2D eigenvalue weighted by Crippen LogP contribution is 2.45. The van der Waals surface area contributed by atoms with Gasteiger partial charge in [0.15, 0.2) is 17.3 Å². The Morgan fingerprint density at radius 3 is 2.36 bits per heavy atom. The maximum Gasteiger partial charge on any atom is 0.272 e. The lowest BCUT2D eigenvalue weighted by Crippen LogP contribution is -2.27. The van der Waals surface area contributed by atoms with E-state index in [0.29, 0.717) is 41.0 Å². The van der Waals surface area contributed by atoms with Gasteiger partial charge in [0.2, 0.25) is 0 Å². The van der Waals surface area contributed by atoms with E-state index in [1.54, 1.807) is 33.3 Å². The lowest BCUT2D eigenvalue weighted by atomic mass is 9.78. The molecule has 0 fully saturated rings. The summed E-state index contributed by atoms with van der Waals surface area (Å²) >= 11 is 0. The quantitative estimate of drug-likeness (QED) is 0.343. The van der Waals surface area contributed by atoms with Crippen molar-refractivity contribution in [2.24, 2.45) is 0 Å². The summed E-state index contributed by atoms with van der Waals surface area (Å²) in [5, 5.41) is 18.6. The van der Waals surface area contributed by atoms with Gasteiger partial charge in [-0.2, -0.15) is 0 Å². The number of fused-ring (bicyclic) bond motifs is 1. The molecule has 2 N–H and O–H groups in total. The number of allylic oxidation sites excluding steroid dienone is 1. The Bertz CT molecular complexity index is 1400. The fourth-order valence-corrected chi connectivity index (χ4v) is 5.09. The summed E-state index contributed by atoms with van der Waals surface area (Å²) in [5.41, 5.74) is 5.39. The normalized spacial score (nSPS) is 18.8. The Balaban J connectivity index is 1.60. The number of aryl methyl sites for hydroxylation is 1. The number of nitrogens with zero attached hydrogens (tertiary/aromatic N) is 1. The Kier molecular flexibility index (Phi) is 6.10. The third kappa shape index (κ3) is 4.15. The van der Waals surface area contributed by atoms with Gasteiger partial charge < -0.3 is 20.1 Å². The topological polar surface area (TPSA) is 103 Å². The number of nitrogens with one attached hydrogen (secondary N) is 2. The van der Waals surface area contributed by atoms with Crippen LogP contribution in [0.3, 0.4) is 0 Å². The number of rotatable bonds is 5. The fraction of sp³-hybridized carbons (Fsp3) is 0.250. The van der Waals surface area contributed by atoms with Gasteiger partial charge in [0, 0.05) is 29.3 Å². The van der Waals surface area contributed by atoms with E-state index in [1.807, 2.05) is 48.5 Å². The number of hydrogen-bond acceptors (Lipinski definition) is 7. The number of nitro groups is 1. The van der Waals surface area contributed by atoms with Gasteiger partial charge in [0.25, 0.3) is 5.69 Å². The van der Waals surface area contributed by atoms with E-state index in [-0.39, 0.29) is 22.3 Å². The van der Waals surface area contributed by atoms with Crippen LogP contribution in [0, 0.1) is 17.0 Å². The lowest BCUT2D eigenvalue weighted by Gasteiger charge is -2.30. The number of carbonyl (C=O) groups is 1. The number of ether oxygens (including phenoxy) is 2. The number of para-hydroxylation sites is 2. The molecule has 0 spiro atoms. The summed E-state index contributed by atoms with van der Waals surface area (Å²) < 4.78 is 10.8. The van der Waals surface area contributed by atoms with Crippen molar-refractivity contribution < 1.29 is 19.2 Å². The predicted molar refractivity (Wildman–Crippen MR) is 138 cm³/mol. The highest BCUT2D eigenvalue weighted by atomic mass is 16.6. The molecule has 1 aliphatic heterocycles. The van der Waals surface area contributed by atoms with Gasteiger partial charge in [-0.25, -0.2) is 0 Å². The smallest absolute Gasteiger partial charge is 0.272 e. The Labute approximate surface area is 209 Å². The van der Waals surface area contributed by atoms with Crippen LogP contribution in [0.4, 0.5) is 17.1 Å². The summed E-state index contributed by atoms with van der Waals surface area (Å²) in [5.74, 6) is 1.20. The van der Waals surface area contributed by atoms with Gasteiger partial charge >= 0.3 is 0 Å². The third-order valence-corrected chi connectivity index (χ3v) is 6.95. The van der Waals surface area contributed by atoms with Crippen LogP contribution in [0.25, 0.3) is 0 Å². The van der Waals surface area contributed by atoms with Crippen molar-refractivity contribution in [1.82, 2.24) is 0 Å². The van der Waals surface area contributed by atoms with E-state index >= 15 is 0 Å². The van der Waals surface area contributed by atoms with Crippen molar-refractivity contribution in [2.75, 3.05) is 24.9 Å². The predicted octanol–water partition coefficient (Wildman–Crippen LogP) is 5.90. The van der Waals surface area contributed by atoms with Crippen molar-refractivity contribution in [3.63, 3.8) is 0 Å². The molecule has 0 saturated carbocycles. The molecule has 0 saturated heterocycles. The van der Waals surface area contributed by atoms with Crippen LogP contribution in [0.1, 0.15) is 41.5 Å². The Hall–Kier alpha value is -4.33. The van der Waals surface area contributed by atoms with Crippen LogP contribution in [-0.2, 0) is 4.79 Å². The van der Waals surface area contributed by atoms with Gasteiger partial charge in [-0.05, 0) is 54.7 Å². The number of methoxy groups -OCH3 is 2. The molecule has 0 bridgehead atoms. The molecule has 184 valence electrons. The monoisotopic (exact) mass is 485 g/mol. The van der Waals surface area contributed by atoms with Crippen LogP contribution >= 0.6 is 0 Å². The molecular weight excluding hydrogens is 458 g/mol. The van der Waals surface area contributed by atoms with Crippen LogP contribution in [0.5, 0.6) is 11.5 Å². The van der Waals surface area contributed by atoms with Gasteiger partial charge in [-0.15, -0.1) is 0 Å². The first-order valence-electron chi connectivity index (χ1n) is 11.7. The number of Topliss-reactive ketones (excluding diaryl/α,β-unsaturated/α-hetero) is 1. The molecule has 8 nitrogen and oxygen atoms in total. The summed E-state index contributed by atoms with van der Waals surface area (Å²) in [4.78, 5) is 25.0. The molecule has 1 aliphatic carbocycles. The van der Waals surface area contributed by atoms with Crippen molar-refractivity contribution in [3.05, 3.63) is 98.7 Å². The Morgan fingerprint density at radius 1 is 0.917 bits per heavy atom. The van der Waals surface area contributed by atoms with Crippen molar-refractivity contribution in [2.45, 2.75) is 31.7 Å². The Morgan fingerprint density at radius 2 is 1.64 bits per heavy atom. The van der Waals surface area contributed by atoms with E-state index in [4.69, 9.17) is 9.47 Å². The minimum atomic E-state index is -0.519. The number of benzene rings is 3. The molecule has 0 aromatic heterocycles. The molecule has 8 heteroatoms. The molecule has 0 radical (unpaired) electrons. The van der Waals surface area contributed by atoms with Crippen LogP contribution < -0.4 is 20.1 Å². The van der Waals surface area contributed by atoms with Crippen molar-refractivity contribution in [1.29, 1.82) is 0 Å². The molecule has 0 unspecified atom stereocenters. The van der Waals surface area contributed by atoms with E-state index in [1.165, 1.54) is 0 Å². The second-order valence-corrected chi connectivity index (χ2v) is 9.09. The number of hydrogen-bond donors (Lipinski definition) is 2. The summed E-state index contributed by atoms with van der Waals surface area (Å²) in [7, 11) is 3.18. The fourth-order valence-electron chi connectivity index (χ4n) is 5.09. The molecule has 3 aromatic carbocycles. The van der Waals surface area contributed by atoms with Gasteiger partial charge in [-0.1, -0.05) is 30.3 Å². The molecule has 3 aromatic rings. The van der Waals surface area contributed by atoms with E-state index < -0.39 is 6.04 Å². The van der Waals surface area contributed by atoms with Gasteiger partial charge in [-0.3, -0.25) is 14.9 Å². The maximum atomic E-state index is 13.7. The van der Waals surface area contributed by atoms with Crippen molar-refractivity contribution >= 4 is 22.8 Å². The first-order valence-corrected chi connectivity index (χ1v) is 11.7. The number of ketones is 1.